The normalized spacial score (nSPS) is 12.9. The highest BCUT2D eigenvalue weighted by atomic mass is 35.5. The van der Waals surface area contributed by atoms with E-state index in [9.17, 15) is 19.2 Å². The minimum Gasteiger partial charge on any atom is -0.468 e. The first-order valence-corrected chi connectivity index (χ1v) is 10.2. The molecule has 7 nitrogen and oxygen atoms in total. The molecule has 1 aliphatic carbocycles. The zero-order valence-corrected chi connectivity index (χ0v) is 17.1. The van der Waals surface area contributed by atoms with E-state index in [1.54, 1.807) is 24.3 Å². The Bertz CT molecular complexity index is 1250. The number of thiophene rings is 1. The predicted octanol–water partition coefficient (Wildman–Crippen LogP) is 2.42. The van der Waals surface area contributed by atoms with Crippen molar-refractivity contribution >= 4 is 44.9 Å². The lowest BCUT2D eigenvalue weighted by atomic mass is 10.1. The van der Waals surface area contributed by atoms with E-state index in [4.69, 9.17) is 11.6 Å². The molecule has 0 saturated heterocycles. The molecule has 1 aromatic carbocycles. The number of carbonyl (C=O) groups is 2. The van der Waals surface area contributed by atoms with Crippen molar-refractivity contribution in [1.82, 2.24) is 9.13 Å². The first-order chi connectivity index (χ1) is 13.9. The second-order valence-corrected chi connectivity index (χ2v) is 8.32. The first kappa shape index (κ1) is 19.6. The molecule has 0 N–H and O–H groups in total. The molecule has 2 heterocycles. The summed E-state index contributed by atoms with van der Waals surface area (Å²) >= 11 is 7.25. The number of carbonyl (C=O) groups excluding carboxylic acids is 2. The number of ketones is 1. The van der Waals surface area contributed by atoms with Crippen LogP contribution in [-0.2, 0) is 35.5 Å². The molecule has 9 heteroatoms. The van der Waals surface area contributed by atoms with E-state index < -0.39 is 23.8 Å². The number of hydrogen-bond donors (Lipinski definition) is 0. The second kappa shape index (κ2) is 7.61. The number of hydrogen-bond acceptors (Lipinski definition) is 6. The van der Waals surface area contributed by atoms with E-state index in [1.807, 2.05) is 0 Å². The molecular weight excluding hydrogens is 416 g/mol. The fraction of sp³-hybridized carbons (Fsp3) is 0.300. The second-order valence-electron chi connectivity index (χ2n) is 6.80. The van der Waals surface area contributed by atoms with E-state index in [1.165, 1.54) is 23.0 Å². The average molecular weight is 433 g/mol. The van der Waals surface area contributed by atoms with Gasteiger partial charge in [-0.25, -0.2) is 9.36 Å². The van der Waals surface area contributed by atoms with Crippen molar-refractivity contribution < 1.29 is 14.3 Å². The van der Waals surface area contributed by atoms with E-state index in [2.05, 4.69) is 4.74 Å². The van der Waals surface area contributed by atoms with Crippen molar-refractivity contribution in [2.45, 2.75) is 32.4 Å². The molecular formula is C20H17ClN2O5S. The number of benzene rings is 1. The number of aromatic nitrogens is 2. The lowest BCUT2D eigenvalue weighted by molar-refractivity contribution is -0.141. The minimum absolute atomic E-state index is 0.238. The van der Waals surface area contributed by atoms with Gasteiger partial charge < -0.3 is 4.74 Å². The third-order valence-corrected chi connectivity index (χ3v) is 6.62. The quantitative estimate of drug-likeness (QED) is 0.456. The fourth-order valence-electron chi connectivity index (χ4n) is 3.60. The highest BCUT2D eigenvalue weighted by molar-refractivity contribution is 7.19. The molecule has 0 bridgehead atoms. The van der Waals surface area contributed by atoms with Crippen LogP contribution in [0, 0.1) is 0 Å². The highest BCUT2D eigenvalue weighted by Gasteiger charge is 2.26. The Balaban J connectivity index is 1.89. The van der Waals surface area contributed by atoms with E-state index >= 15 is 0 Å². The van der Waals surface area contributed by atoms with Gasteiger partial charge in [-0.2, -0.15) is 0 Å². The largest absolute Gasteiger partial charge is 0.468 e. The fourth-order valence-corrected chi connectivity index (χ4v) is 5.10. The van der Waals surface area contributed by atoms with Gasteiger partial charge in [0.15, 0.2) is 5.78 Å². The van der Waals surface area contributed by atoms with Crippen LogP contribution in [0.3, 0.4) is 0 Å². The number of halogens is 1. The van der Waals surface area contributed by atoms with Crippen LogP contribution in [0.1, 0.15) is 27.2 Å². The zero-order chi connectivity index (χ0) is 20.7. The molecule has 0 aliphatic heterocycles. The summed E-state index contributed by atoms with van der Waals surface area (Å²) in [6.45, 7) is -0.734. The van der Waals surface area contributed by atoms with Crippen LogP contribution in [-0.4, -0.2) is 28.0 Å². The van der Waals surface area contributed by atoms with Gasteiger partial charge in [0, 0.05) is 15.5 Å². The highest BCUT2D eigenvalue weighted by Crippen LogP contribution is 2.35. The summed E-state index contributed by atoms with van der Waals surface area (Å²) in [5.74, 6) is -0.993. The topological polar surface area (TPSA) is 87.4 Å². The summed E-state index contributed by atoms with van der Waals surface area (Å²) in [5, 5.41) is 0.928. The molecule has 0 atom stereocenters. The van der Waals surface area contributed by atoms with Crippen LogP contribution in [0.15, 0.2) is 33.9 Å². The van der Waals surface area contributed by atoms with Crippen molar-refractivity contribution in [3.05, 3.63) is 66.1 Å². The molecule has 0 fully saturated rings. The van der Waals surface area contributed by atoms with E-state index in [-0.39, 0.29) is 12.3 Å². The molecule has 2 aromatic heterocycles. The molecule has 3 aromatic rings. The van der Waals surface area contributed by atoms with Gasteiger partial charge in [0.05, 0.1) is 19.0 Å². The smallest absolute Gasteiger partial charge is 0.333 e. The minimum atomic E-state index is -0.703. The predicted molar refractivity (Wildman–Crippen MR) is 110 cm³/mol. The molecule has 0 saturated carbocycles. The molecule has 0 radical (unpaired) electrons. The maximum atomic E-state index is 13.1. The Hall–Kier alpha value is -2.71. The van der Waals surface area contributed by atoms with Gasteiger partial charge in [0.25, 0.3) is 5.56 Å². The SMILES string of the molecule is COC(=O)Cn1c(=O)c2c3c(sc2n(CC(=O)c2ccc(Cl)cc2)c1=O)CCC3. The Morgan fingerprint density at radius 2 is 1.83 bits per heavy atom. The molecule has 29 heavy (non-hydrogen) atoms. The van der Waals surface area contributed by atoms with Gasteiger partial charge >= 0.3 is 11.7 Å². The monoisotopic (exact) mass is 432 g/mol. The van der Waals surface area contributed by atoms with Gasteiger partial charge in [0.2, 0.25) is 0 Å². The van der Waals surface area contributed by atoms with Crippen LogP contribution in [0.2, 0.25) is 5.02 Å². The third-order valence-electron chi connectivity index (χ3n) is 5.05. The average Bonchev–Trinajstić information content (AvgIpc) is 3.29. The van der Waals surface area contributed by atoms with Crippen molar-refractivity contribution in [2.75, 3.05) is 7.11 Å². The summed E-state index contributed by atoms with van der Waals surface area (Å²) in [7, 11) is 1.19. The third kappa shape index (κ3) is 3.42. The van der Waals surface area contributed by atoms with Crippen molar-refractivity contribution in [1.29, 1.82) is 0 Å². The Morgan fingerprint density at radius 3 is 2.52 bits per heavy atom. The Labute approximate surface area is 174 Å². The number of esters is 1. The lowest BCUT2D eigenvalue weighted by Crippen LogP contribution is -2.42. The number of fused-ring (bicyclic) bond motifs is 3. The zero-order valence-electron chi connectivity index (χ0n) is 15.6. The lowest BCUT2D eigenvalue weighted by Gasteiger charge is -2.11. The van der Waals surface area contributed by atoms with Crippen LogP contribution < -0.4 is 11.2 Å². The molecule has 0 spiro atoms. The molecule has 0 unspecified atom stereocenters. The van der Waals surface area contributed by atoms with Gasteiger partial charge in [-0.15, -0.1) is 11.3 Å². The van der Waals surface area contributed by atoms with Gasteiger partial charge in [-0.1, -0.05) is 11.6 Å². The van der Waals surface area contributed by atoms with E-state index in [0.717, 1.165) is 34.3 Å². The van der Waals surface area contributed by atoms with Crippen LogP contribution in [0.4, 0.5) is 0 Å². The molecule has 4 rings (SSSR count). The standard InChI is InChI=1S/C20H17ClN2O5S/c1-28-16(25)10-22-18(26)17-13-3-2-4-15(13)29-19(17)23(20(22)27)9-14(24)11-5-7-12(21)8-6-11/h5-8H,2-4,9-10H2,1H3. The number of methoxy groups -OCH3 is 1. The van der Waals surface area contributed by atoms with Gasteiger partial charge in [-0.3, -0.25) is 19.0 Å². The summed E-state index contributed by atoms with van der Waals surface area (Å²) in [6, 6.07) is 6.38. The van der Waals surface area contributed by atoms with Crippen LogP contribution in [0.25, 0.3) is 10.2 Å². The maximum Gasteiger partial charge on any atom is 0.333 e. The Morgan fingerprint density at radius 1 is 1.10 bits per heavy atom. The number of Topliss-reactive ketones (excluding diaryl/α,β-unsaturated/α-hetero) is 1. The molecule has 150 valence electrons. The summed E-state index contributed by atoms with van der Waals surface area (Å²) in [4.78, 5) is 52.2. The van der Waals surface area contributed by atoms with Crippen LogP contribution in [0.5, 0.6) is 0 Å². The Kier molecular flexibility index (Phi) is 5.14. The van der Waals surface area contributed by atoms with Crippen molar-refractivity contribution in [3.63, 3.8) is 0 Å². The number of aryl methyl sites for hydroxylation is 2. The van der Waals surface area contributed by atoms with Crippen molar-refractivity contribution in [2.24, 2.45) is 0 Å². The van der Waals surface area contributed by atoms with E-state index in [0.29, 0.717) is 20.8 Å². The number of rotatable bonds is 5. The summed E-state index contributed by atoms with van der Waals surface area (Å²) in [5.41, 5.74) is 0.116. The molecule has 0 amide bonds. The summed E-state index contributed by atoms with van der Waals surface area (Å²) < 4.78 is 6.78. The maximum absolute atomic E-state index is 13.1. The molecule has 1 aliphatic rings. The van der Waals surface area contributed by atoms with Crippen molar-refractivity contribution in [3.8, 4) is 0 Å². The van der Waals surface area contributed by atoms with Crippen LogP contribution >= 0.6 is 22.9 Å². The van der Waals surface area contributed by atoms with Gasteiger partial charge in [-0.05, 0) is 49.1 Å². The van der Waals surface area contributed by atoms with Gasteiger partial charge in [0.1, 0.15) is 11.4 Å². The number of nitrogens with zero attached hydrogens (tertiary/aromatic N) is 2. The first-order valence-electron chi connectivity index (χ1n) is 9.04. The number of ether oxygens (including phenoxy) is 1. The summed E-state index contributed by atoms with van der Waals surface area (Å²) in [6.07, 6.45) is 2.52.